The Labute approximate surface area is 99.4 Å². The van der Waals surface area contributed by atoms with Gasteiger partial charge in [-0.25, -0.2) is 4.68 Å². The lowest BCUT2D eigenvalue weighted by molar-refractivity contribution is 0.406. The first kappa shape index (κ1) is 11.5. The number of nitrogens with zero attached hydrogens (tertiary/aromatic N) is 4. The largest absolute Gasteiger partial charge is 0.496 e. The molecule has 0 saturated carbocycles. The molecule has 0 bridgehead atoms. The Balaban J connectivity index is 2.28. The molecule has 0 aliphatic heterocycles. The third kappa shape index (κ3) is 2.42. The van der Waals surface area contributed by atoms with Crippen LogP contribution in [0.15, 0.2) is 24.3 Å². The van der Waals surface area contributed by atoms with E-state index in [9.17, 15) is 0 Å². The summed E-state index contributed by atoms with van der Waals surface area (Å²) in [6.45, 7) is 2.40. The van der Waals surface area contributed by atoms with Gasteiger partial charge in [-0.05, 0) is 23.4 Å². The van der Waals surface area contributed by atoms with Gasteiger partial charge in [0.1, 0.15) is 5.75 Å². The SMILES string of the molecule is COc1ccccc1Cn1nnnc1C(C)N. The fraction of sp³-hybridized carbons (Fsp3) is 0.364. The number of para-hydroxylation sites is 1. The van der Waals surface area contributed by atoms with Gasteiger partial charge in [0, 0.05) is 5.56 Å². The van der Waals surface area contributed by atoms with E-state index in [4.69, 9.17) is 10.5 Å². The molecular formula is C11H15N5O. The van der Waals surface area contributed by atoms with E-state index in [1.807, 2.05) is 31.2 Å². The Kier molecular flexibility index (Phi) is 3.34. The Morgan fingerprint density at radius 2 is 2.18 bits per heavy atom. The first-order chi connectivity index (χ1) is 8.22. The molecular weight excluding hydrogens is 218 g/mol. The number of aromatic nitrogens is 4. The second kappa shape index (κ2) is 4.92. The molecule has 1 aromatic carbocycles. The number of benzene rings is 1. The van der Waals surface area contributed by atoms with Crippen molar-refractivity contribution in [3.8, 4) is 5.75 Å². The van der Waals surface area contributed by atoms with Crippen LogP contribution in [0.5, 0.6) is 5.75 Å². The molecule has 0 aliphatic carbocycles. The van der Waals surface area contributed by atoms with Crippen molar-refractivity contribution in [1.82, 2.24) is 20.2 Å². The molecule has 1 atom stereocenters. The van der Waals surface area contributed by atoms with Gasteiger partial charge >= 0.3 is 0 Å². The zero-order valence-corrected chi connectivity index (χ0v) is 9.87. The number of rotatable bonds is 4. The minimum absolute atomic E-state index is 0.195. The van der Waals surface area contributed by atoms with E-state index in [0.29, 0.717) is 12.4 Å². The number of hydrogen-bond acceptors (Lipinski definition) is 5. The topological polar surface area (TPSA) is 78.8 Å². The fourth-order valence-corrected chi connectivity index (χ4v) is 1.65. The normalized spacial score (nSPS) is 12.4. The van der Waals surface area contributed by atoms with Gasteiger partial charge in [-0.2, -0.15) is 0 Å². The van der Waals surface area contributed by atoms with Crippen molar-refractivity contribution in [2.75, 3.05) is 7.11 Å². The van der Waals surface area contributed by atoms with Crippen molar-refractivity contribution in [2.45, 2.75) is 19.5 Å². The highest BCUT2D eigenvalue weighted by atomic mass is 16.5. The van der Waals surface area contributed by atoms with Crippen molar-refractivity contribution in [3.63, 3.8) is 0 Å². The predicted octanol–water partition coefficient (Wildman–Crippen LogP) is 0.750. The molecule has 90 valence electrons. The number of hydrogen-bond donors (Lipinski definition) is 1. The van der Waals surface area contributed by atoms with Crippen molar-refractivity contribution in [3.05, 3.63) is 35.7 Å². The molecule has 2 aromatic rings. The molecule has 1 unspecified atom stereocenters. The smallest absolute Gasteiger partial charge is 0.168 e. The van der Waals surface area contributed by atoms with Gasteiger partial charge in [-0.3, -0.25) is 0 Å². The monoisotopic (exact) mass is 233 g/mol. The maximum Gasteiger partial charge on any atom is 0.168 e. The van der Waals surface area contributed by atoms with Crippen LogP contribution in [0, 0.1) is 0 Å². The molecule has 0 fully saturated rings. The average molecular weight is 233 g/mol. The zero-order valence-electron chi connectivity index (χ0n) is 9.87. The lowest BCUT2D eigenvalue weighted by atomic mass is 10.2. The third-order valence-corrected chi connectivity index (χ3v) is 2.48. The first-order valence-electron chi connectivity index (χ1n) is 5.36. The lowest BCUT2D eigenvalue weighted by Crippen LogP contribution is -2.15. The summed E-state index contributed by atoms with van der Waals surface area (Å²) in [6.07, 6.45) is 0. The number of nitrogens with two attached hydrogens (primary N) is 1. The predicted molar refractivity (Wildman–Crippen MR) is 62.5 cm³/mol. The van der Waals surface area contributed by atoms with E-state index in [2.05, 4.69) is 15.5 Å². The van der Waals surface area contributed by atoms with Crippen LogP contribution < -0.4 is 10.5 Å². The Bertz CT molecular complexity index is 494. The Morgan fingerprint density at radius 3 is 2.88 bits per heavy atom. The maximum atomic E-state index is 5.79. The van der Waals surface area contributed by atoms with Gasteiger partial charge in [0.05, 0.1) is 19.7 Å². The van der Waals surface area contributed by atoms with Crippen LogP contribution in [0.1, 0.15) is 24.4 Å². The first-order valence-corrected chi connectivity index (χ1v) is 5.36. The summed E-state index contributed by atoms with van der Waals surface area (Å²) in [6, 6.07) is 7.57. The molecule has 2 N–H and O–H groups in total. The lowest BCUT2D eigenvalue weighted by Gasteiger charge is -2.10. The van der Waals surface area contributed by atoms with Gasteiger partial charge in [0.15, 0.2) is 5.82 Å². The molecule has 0 saturated heterocycles. The molecule has 0 aliphatic rings. The number of methoxy groups -OCH3 is 1. The standard InChI is InChI=1S/C11H15N5O/c1-8(12)11-13-14-15-16(11)7-9-5-3-4-6-10(9)17-2/h3-6,8H,7,12H2,1-2H3. The van der Waals surface area contributed by atoms with E-state index in [1.165, 1.54) is 0 Å². The molecule has 2 rings (SSSR count). The molecule has 6 heteroatoms. The number of tetrazole rings is 1. The van der Waals surface area contributed by atoms with Gasteiger partial charge in [0.2, 0.25) is 0 Å². The number of ether oxygens (including phenoxy) is 1. The van der Waals surface area contributed by atoms with Gasteiger partial charge in [-0.15, -0.1) is 5.10 Å². The van der Waals surface area contributed by atoms with Crippen molar-refractivity contribution in [1.29, 1.82) is 0 Å². The van der Waals surface area contributed by atoms with E-state index >= 15 is 0 Å². The van der Waals surface area contributed by atoms with Crippen LogP contribution in [0.25, 0.3) is 0 Å². The maximum absolute atomic E-state index is 5.79. The van der Waals surface area contributed by atoms with Crippen molar-refractivity contribution >= 4 is 0 Å². The molecule has 6 nitrogen and oxygen atoms in total. The molecule has 0 spiro atoms. The average Bonchev–Trinajstić information content (AvgIpc) is 2.78. The zero-order chi connectivity index (χ0) is 12.3. The summed E-state index contributed by atoms with van der Waals surface area (Å²) in [5.41, 5.74) is 6.81. The van der Waals surface area contributed by atoms with Gasteiger partial charge in [0.25, 0.3) is 0 Å². The van der Waals surface area contributed by atoms with Crippen LogP contribution in [-0.4, -0.2) is 27.3 Å². The summed E-state index contributed by atoms with van der Waals surface area (Å²) in [5.74, 6) is 1.48. The Hall–Kier alpha value is -1.95. The minimum Gasteiger partial charge on any atom is -0.496 e. The molecule has 17 heavy (non-hydrogen) atoms. The van der Waals surface area contributed by atoms with Crippen LogP contribution >= 0.6 is 0 Å². The Morgan fingerprint density at radius 1 is 1.41 bits per heavy atom. The van der Waals surface area contributed by atoms with Crippen molar-refractivity contribution < 1.29 is 4.74 Å². The summed E-state index contributed by atoms with van der Waals surface area (Å²) < 4.78 is 6.96. The van der Waals surface area contributed by atoms with Gasteiger partial charge in [-0.1, -0.05) is 18.2 Å². The minimum atomic E-state index is -0.195. The van der Waals surface area contributed by atoms with Gasteiger partial charge < -0.3 is 10.5 Å². The van der Waals surface area contributed by atoms with Crippen molar-refractivity contribution in [2.24, 2.45) is 5.73 Å². The van der Waals surface area contributed by atoms with E-state index < -0.39 is 0 Å². The van der Waals surface area contributed by atoms with E-state index in [1.54, 1.807) is 11.8 Å². The van der Waals surface area contributed by atoms with Crippen LogP contribution in [0.2, 0.25) is 0 Å². The summed E-state index contributed by atoms with van der Waals surface area (Å²) >= 11 is 0. The molecule has 1 heterocycles. The van der Waals surface area contributed by atoms with Crippen LogP contribution in [0.4, 0.5) is 0 Å². The molecule has 1 aromatic heterocycles. The van der Waals surface area contributed by atoms with E-state index in [0.717, 1.165) is 11.3 Å². The van der Waals surface area contributed by atoms with E-state index in [-0.39, 0.29) is 6.04 Å². The fourth-order valence-electron chi connectivity index (χ4n) is 1.65. The highest BCUT2D eigenvalue weighted by Crippen LogP contribution is 2.19. The summed E-state index contributed by atoms with van der Waals surface area (Å²) in [5, 5.41) is 11.5. The quantitative estimate of drug-likeness (QED) is 0.843. The highest BCUT2D eigenvalue weighted by molar-refractivity contribution is 5.33. The molecule has 0 amide bonds. The summed E-state index contributed by atoms with van der Waals surface area (Å²) in [7, 11) is 1.64. The van der Waals surface area contributed by atoms with Crippen LogP contribution in [-0.2, 0) is 6.54 Å². The van der Waals surface area contributed by atoms with Crippen LogP contribution in [0.3, 0.4) is 0 Å². The molecule has 0 radical (unpaired) electrons. The second-order valence-corrected chi connectivity index (χ2v) is 3.80. The second-order valence-electron chi connectivity index (χ2n) is 3.80. The summed E-state index contributed by atoms with van der Waals surface area (Å²) in [4.78, 5) is 0. The highest BCUT2D eigenvalue weighted by Gasteiger charge is 2.12. The third-order valence-electron chi connectivity index (χ3n) is 2.48.